The molecule has 0 unspecified atom stereocenters. The Balaban J connectivity index is 2.44. The van der Waals surface area contributed by atoms with Crippen molar-refractivity contribution in [3.63, 3.8) is 0 Å². The molecule has 104 valence electrons. The van der Waals surface area contributed by atoms with Gasteiger partial charge in [0.2, 0.25) is 0 Å². The van der Waals surface area contributed by atoms with Gasteiger partial charge in [-0.15, -0.1) is 0 Å². The number of nitrogens with zero attached hydrogens (tertiary/aromatic N) is 3. The molecule has 0 fully saturated rings. The average molecular weight is 292 g/mol. The molecule has 0 aliphatic heterocycles. The number of halogens is 2. The predicted octanol–water partition coefficient (Wildman–Crippen LogP) is 3.89. The second-order valence-corrected chi connectivity index (χ2v) is 6.02. The molecular formula is C15H15ClFN3. The summed E-state index contributed by atoms with van der Waals surface area (Å²) in [6.07, 6.45) is 0. The zero-order chi connectivity index (χ0) is 14.9. The fraction of sp³-hybridized carbons (Fsp3) is 0.333. The lowest BCUT2D eigenvalue weighted by molar-refractivity contribution is 0.543. The Hall–Kier alpha value is -1.86. The van der Waals surface area contributed by atoms with E-state index in [0.717, 1.165) is 5.56 Å². The minimum atomic E-state index is -0.303. The van der Waals surface area contributed by atoms with Crippen molar-refractivity contribution in [1.82, 2.24) is 9.78 Å². The molecule has 1 aromatic carbocycles. The molecule has 0 atom stereocenters. The van der Waals surface area contributed by atoms with E-state index in [1.807, 2.05) is 20.8 Å². The lowest BCUT2D eigenvalue weighted by Crippen LogP contribution is -2.14. The second kappa shape index (κ2) is 5.26. The molecule has 0 saturated carbocycles. The Bertz CT molecular complexity index is 677. The number of aromatic nitrogens is 2. The topological polar surface area (TPSA) is 41.6 Å². The van der Waals surface area contributed by atoms with Crippen LogP contribution in [0, 0.1) is 17.1 Å². The number of rotatable bonds is 2. The van der Waals surface area contributed by atoms with Gasteiger partial charge in [0, 0.05) is 5.41 Å². The van der Waals surface area contributed by atoms with Crippen molar-refractivity contribution in [2.75, 3.05) is 0 Å². The zero-order valence-electron chi connectivity index (χ0n) is 11.6. The van der Waals surface area contributed by atoms with Gasteiger partial charge in [-0.3, -0.25) is 0 Å². The fourth-order valence-corrected chi connectivity index (χ4v) is 2.21. The molecule has 0 saturated heterocycles. The summed E-state index contributed by atoms with van der Waals surface area (Å²) in [5, 5.41) is 13.9. The Morgan fingerprint density at radius 3 is 2.60 bits per heavy atom. The van der Waals surface area contributed by atoms with Gasteiger partial charge in [-0.25, -0.2) is 9.07 Å². The van der Waals surface area contributed by atoms with Crippen LogP contribution in [0.3, 0.4) is 0 Å². The Kier molecular flexibility index (Phi) is 3.82. The maximum absolute atomic E-state index is 13.2. The van der Waals surface area contributed by atoms with E-state index in [0.29, 0.717) is 23.0 Å². The van der Waals surface area contributed by atoms with E-state index in [1.54, 1.807) is 12.1 Å². The average Bonchev–Trinajstić information content (AvgIpc) is 2.66. The molecule has 20 heavy (non-hydrogen) atoms. The van der Waals surface area contributed by atoms with Gasteiger partial charge in [-0.2, -0.15) is 10.4 Å². The van der Waals surface area contributed by atoms with E-state index in [2.05, 4.69) is 11.2 Å². The van der Waals surface area contributed by atoms with E-state index < -0.39 is 0 Å². The molecule has 0 bridgehead atoms. The molecule has 0 N–H and O–H groups in total. The minimum absolute atomic E-state index is 0.276. The van der Waals surface area contributed by atoms with Gasteiger partial charge >= 0.3 is 0 Å². The summed E-state index contributed by atoms with van der Waals surface area (Å²) in [5.74, 6) is -0.303. The van der Waals surface area contributed by atoms with Gasteiger partial charge in [0.05, 0.1) is 12.2 Å². The van der Waals surface area contributed by atoms with Gasteiger partial charge in [0.1, 0.15) is 22.6 Å². The molecule has 0 radical (unpaired) electrons. The van der Waals surface area contributed by atoms with Gasteiger partial charge < -0.3 is 0 Å². The van der Waals surface area contributed by atoms with Crippen LogP contribution in [0.25, 0.3) is 0 Å². The summed E-state index contributed by atoms with van der Waals surface area (Å²) < 4.78 is 14.7. The fourth-order valence-electron chi connectivity index (χ4n) is 1.98. The molecule has 3 nitrogen and oxygen atoms in total. The van der Waals surface area contributed by atoms with Crippen LogP contribution < -0.4 is 0 Å². The van der Waals surface area contributed by atoms with E-state index in [4.69, 9.17) is 11.6 Å². The maximum atomic E-state index is 13.2. The summed E-state index contributed by atoms with van der Waals surface area (Å²) in [7, 11) is 0. The third-order valence-corrected chi connectivity index (χ3v) is 3.32. The quantitative estimate of drug-likeness (QED) is 0.842. The monoisotopic (exact) mass is 291 g/mol. The highest BCUT2D eigenvalue weighted by atomic mass is 35.5. The third kappa shape index (κ3) is 2.83. The van der Waals surface area contributed by atoms with Crippen molar-refractivity contribution in [3.05, 3.63) is 52.1 Å². The normalized spacial score (nSPS) is 11.4. The van der Waals surface area contributed by atoms with Crippen molar-refractivity contribution in [3.8, 4) is 6.07 Å². The SMILES string of the molecule is CC(C)(C)c1nn(Cc2cccc(F)c2)c(Cl)c1C#N. The standard InChI is InChI=1S/C15H15ClFN3/c1-15(2,3)13-12(8-18)14(16)20(19-13)9-10-5-4-6-11(17)7-10/h4-7H,9H2,1-3H3. The van der Waals surface area contributed by atoms with Crippen molar-refractivity contribution < 1.29 is 4.39 Å². The second-order valence-electron chi connectivity index (χ2n) is 5.66. The van der Waals surface area contributed by atoms with E-state index in [1.165, 1.54) is 16.8 Å². The van der Waals surface area contributed by atoms with Crippen molar-refractivity contribution in [2.24, 2.45) is 0 Å². The van der Waals surface area contributed by atoms with Crippen LogP contribution in [0.4, 0.5) is 4.39 Å². The largest absolute Gasteiger partial charge is 0.248 e. The maximum Gasteiger partial charge on any atom is 0.145 e. The molecule has 0 spiro atoms. The Morgan fingerprint density at radius 2 is 2.10 bits per heavy atom. The summed E-state index contributed by atoms with van der Waals surface area (Å²) in [4.78, 5) is 0. The predicted molar refractivity (Wildman–Crippen MR) is 76.2 cm³/mol. The molecule has 2 rings (SSSR count). The summed E-state index contributed by atoms with van der Waals surface area (Å²) in [5.41, 5.74) is 1.51. The third-order valence-electron chi connectivity index (χ3n) is 2.93. The first-order valence-electron chi connectivity index (χ1n) is 6.24. The van der Waals surface area contributed by atoms with Crippen LogP contribution in [-0.4, -0.2) is 9.78 Å². The molecule has 2 aromatic rings. The van der Waals surface area contributed by atoms with E-state index in [-0.39, 0.29) is 11.2 Å². The van der Waals surface area contributed by atoms with Crippen LogP contribution in [0.5, 0.6) is 0 Å². The first-order valence-corrected chi connectivity index (χ1v) is 6.62. The molecular weight excluding hydrogens is 277 g/mol. The summed E-state index contributed by atoms with van der Waals surface area (Å²) >= 11 is 6.21. The van der Waals surface area contributed by atoms with Crippen LogP contribution in [0.2, 0.25) is 5.15 Å². The van der Waals surface area contributed by atoms with Crippen LogP contribution in [0.1, 0.15) is 37.6 Å². The number of hydrogen-bond acceptors (Lipinski definition) is 2. The van der Waals surface area contributed by atoms with Crippen LogP contribution >= 0.6 is 11.6 Å². The van der Waals surface area contributed by atoms with Gasteiger partial charge in [0.25, 0.3) is 0 Å². The van der Waals surface area contributed by atoms with Crippen molar-refractivity contribution in [1.29, 1.82) is 5.26 Å². The first kappa shape index (κ1) is 14.5. The minimum Gasteiger partial charge on any atom is -0.248 e. The molecule has 0 aliphatic carbocycles. The molecule has 0 amide bonds. The van der Waals surface area contributed by atoms with Crippen molar-refractivity contribution in [2.45, 2.75) is 32.7 Å². The van der Waals surface area contributed by atoms with Gasteiger partial charge in [-0.1, -0.05) is 44.5 Å². The molecule has 1 aromatic heterocycles. The zero-order valence-corrected chi connectivity index (χ0v) is 12.4. The number of hydrogen-bond donors (Lipinski definition) is 0. The van der Waals surface area contributed by atoms with E-state index >= 15 is 0 Å². The summed E-state index contributed by atoms with van der Waals surface area (Å²) in [6, 6.07) is 8.35. The van der Waals surface area contributed by atoms with Crippen LogP contribution in [-0.2, 0) is 12.0 Å². The summed E-state index contributed by atoms with van der Waals surface area (Å²) in [6.45, 7) is 6.25. The number of nitriles is 1. The highest BCUT2D eigenvalue weighted by Gasteiger charge is 2.26. The number of benzene rings is 1. The smallest absolute Gasteiger partial charge is 0.145 e. The lowest BCUT2D eigenvalue weighted by atomic mass is 9.90. The van der Waals surface area contributed by atoms with Gasteiger partial charge in [0.15, 0.2) is 0 Å². The highest BCUT2D eigenvalue weighted by Crippen LogP contribution is 2.29. The molecule has 0 aliphatic rings. The van der Waals surface area contributed by atoms with Crippen LogP contribution in [0.15, 0.2) is 24.3 Å². The molecule has 5 heteroatoms. The Morgan fingerprint density at radius 1 is 1.40 bits per heavy atom. The highest BCUT2D eigenvalue weighted by molar-refractivity contribution is 6.30. The lowest BCUT2D eigenvalue weighted by Gasteiger charge is -2.15. The van der Waals surface area contributed by atoms with Crippen molar-refractivity contribution >= 4 is 11.6 Å². The molecule has 1 heterocycles. The first-order chi connectivity index (χ1) is 9.32. The van der Waals surface area contributed by atoms with Gasteiger partial charge in [-0.05, 0) is 17.7 Å². The van der Waals surface area contributed by atoms with E-state index in [9.17, 15) is 9.65 Å². The Labute approximate surface area is 122 Å².